The second kappa shape index (κ2) is 2.00. The van der Waals surface area contributed by atoms with Crippen LogP contribution < -0.4 is 0 Å². The third kappa shape index (κ3) is 1.18. The molecule has 1 fully saturated rings. The second-order valence-corrected chi connectivity index (χ2v) is 3.17. The van der Waals surface area contributed by atoms with Gasteiger partial charge in [-0.25, -0.2) is 0 Å². The fourth-order valence-corrected chi connectivity index (χ4v) is 1.84. The number of rotatable bonds is 1. The first-order valence-corrected chi connectivity index (χ1v) is 4.17. The predicted molar refractivity (Wildman–Crippen MR) is 36.6 cm³/mol. The summed E-state index contributed by atoms with van der Waals surface area (Å²) in [5, 5.41) is 0. The van der Waals surface area contributed by atoms with E-state index in [-0.39, 0.29) is 4.43 Å². The summed E-state index contributed by atoms with van der Waals surface area (Å²) < 4.78 is 35.9. The van der Waals surface area contributed by atoms with Gasteiger partial charge in [0.2, 0.25) is 0 Å². The van der Waals surface area contributed by atoms with Gasteiger partial charge in [-0.05, 0) is 12.8 Å². The Hall–Kier alpha value is 0.520. The Labute approximate surface area is 65.0 Å². The van der Waals surface area contributed by atoms with Crippen LogP contribution in [0.3, 0.4) is 0 Å². The van der Waals surface area contributed by atoms with Gasteiger partial charge in [0.1, 0.15) is 0 Å². The molecule has 0 saturated heterocycles. The highest BCUT2D eigenvalue weighted by molar-refractivity contribution is 14.1. The Bertz CT molecular complexity index is 114. The second-order valence-electron chi connectivity index (χ2n) is 2.41. The minimum atomic E-state index is -3.95. The molecule has 0 N–H and O–H groups in total. The summed E-state index contributed by atoms with van der Waals surface area (Å²) in [7, 11) is 0. The van der Waals surface area contributed by atoms with Crippen molar-refractivity contribution in [3.63, 3.8) is 0 Å². The molecule has 0 bridgehead atoms. The third-order valence-corrected chi connectivity index (χ3v) is 3.17. The monoisotopic (exact) mass is 250 g/mol. The molecule has 0 radical (unpaired) electrons. The Kier molecular flexibility index (Phi) is 1.69. The summed E-state index contributed by atoms with van der Waals surface area (Å²) in [6.07, 6.45) is -3.28. The Balaban J connectivity index is 2.60. The van der Waals surface area contributed by atoms with E-state index in [1.54, 1.807) is 22.6 Å². The number of hydrogen-bond donors (Lipinski definition) is 0. The number of hydrogen-bond acceptors (Lipinski definition) is 0. The molecule has 1 saturated carbocycles. The molecular formula is C5H6F3I. The molecule has 0 heterocycles. The van der Waals surface area contributed by atoms with Gasteiger partial charge >= 0.3 is 6.18 Å². The summed E-state index contributed by atoms with van der Waals surface area (Å²) in [6.45, 7) is 0. The van der Waals surface area contributed by atoms with E-state index >= 15 is 0 Å². The highest BCUT2D eigenvalue weighted by Gasteiger charge is 2.62. The lowest BCUT2D eigenvalue weighted by Crippen LogP contribution is -2.25. The van der Waals surface area contributed by atoms with Crippen molar-refractivity contribution in [3.05, 3.63) is 0 Å². The number of halogens is 4. The first-order valence-electron chi connectivity index (χ1n) is 2.64. The summed E-state index contributed by atoms with van der Waals surface area (Å²) in [5.41, 5.74) is -1.28. The molecule has 0 aromatic rings. The van der Waals surface area contributed by atoms with Gasteiger partial charge in [-0.3, -0.25) is 0 Å². The Morgan fingerprint density at radius 2 is 1.78 bits per heavy atom. The van der Waals surface area contributed by atoms with Crippen LogP contribution in [0.15, 0.2) is 0 Å². The largest absolute Gasteiger partial charge is 0.395 e. The van der Waals surface area contributed by atoms with Gasteiger partial charge in [0, 0.05) is 4.43 Å². The minimum Gasteiger partial charge on any atom is -0.170 e. The zero-order chi connectivity index (χ0) is 7.12. The molecule has 9 heavy (non-hydrogen) atoms. The molecular weight excluding hydrogens is 244 g/mol. The summed E-state index contributed by atoms with van der Waals surface area (Å²) in [6, 6.07) is 0. The molecule has 54 valence electrons. The first-order chi connectivity index (χ1) is 4.02. The molecule has 0 spiro atoms. The first kappa shape index (κ1) is 7.63. The smallest absolute Gasteiger partial charge is 0.170 e. The quantitative estimate of drug-likeness (QED) is 0.495. The standard InChI is InChI=1S/C5H6F3I/c6-5(7,8)4(3-9)1-2-4/h1-3H2. The normalized spacial score (nSPS) is 24.0. The van der Waals surface area contributed by atoms with Gasteiger partial charge in [-0.1, -0.05) is 22.6 Å². The van der Waals surface area contributed by atoms with Crippen LogP contribution >= 0.6 is 22.6 Å². The van der Waals surface area contributed by atoms with E-state index in [2.05, 4.69) is 0 Å². The molecule has 0 nitrogen and oxygen atoms in total. The zero-order valence-corrected chi connectivity index (χ0v) is 6.79. The van der Waals surface area contributed by atoms with Crippen LogP contribution in [0.2, 0.25) is 0 Å². The molecule has 0 aliphatic heterocycles. The van der Waals surface area contributed by atoms with Crippen LogP contribution in [0.4, 0.5) is 13.2 Å². The van der Waals surface area contributed by atoms with Gasteiger partial charge in [-0.2, -0.15) is 13.2 Å². The van der Waals surface area contributed by atoms with Crippen LogP contribution in [0.5, 0.6) is 0 Å². The highest BCUT2D eigenvalue weighted by Crippen LogP contribution is 2.58. The van der Waals surface area contributed by atoms with Gasteiger partial charge in [-0.15, -0.1) is 0 Å². The van der Waals surface area contributed by atoms with Gasteiger partial charge in [0.05, 0.1) is 5.41 Å². The Morgan fingerprint density at radius 1 is 1.33 bits per heavy atom. The maximum atomic E-state index is 11.9. The van der Waals surface area contributed by atoms with Crippen molar-refractivity contribution in [1.29, 1.82) is 0 Å². The maximum absolute atomic E-state index is 11.9. The minimum absolute atomic E-state index is 0.217. The van der Waals surface area contributed by atoms with Gasteiger partial charge in [0.25, 0.3) is 0 Å². The average Bonchev–Trinajstić information content (AvgIpc) is 2.40. The maximum Gasteiger partial charge on any atom is 0.395 e. The van der Waals surface area contributed by atoms with Gasteiger partial charge < -0.3 is 0 Å². The van der Waals surface area contributed by atoms with E-state index in [1.807, 2.05) is 0 Å². The lowest BCUT2D eigenvalue weighted by atomic mass is 10.1. The lowest BCUT2D eigenvalue weighted by molar-refractivity contribution is -0.178. The fourth-order valence-electron chi connectivity index (χ4n) is 0.644. The average molecular weight is 250 g/mol. The molecule has 1 rings (SSSR count). The van der Waals surface area contributed by atoms with Crippen LogP contribution in [-0.2, 0) is 0 Å². The van der Waals surface area contributed by atoms with E-state index < -0.39 is 11.6 Å². The molecule has 1 aliphatic rings. The molecule has 0 aromatic heterocycles. The van der Waals surface area contributed by atoms with Crippen molar-refractivity contribution in [2.24, 2.45) is 5.41 Å². The third-order valence-electron chi connectivity index (χ3n) is 1.71. The van der Waals surface area contributed by atoms with E-state index in [4.69, 9.17) is 0 Å². The van der Waals surface area contributed by atoms with Crippen LogP contribution in [0.25, 0.3) is 0 Å². The predicted octanol–water partition coefficient (Wildman–Crippen LogP) is 2.76. The molecule has 0 amide bonds. The highest BCUT2D eigenvalue weighted by atomic mass is 127. The zero-order valence-electron chi connectivity index (χ0n) is 4.63. The van der Waals surface area contributed by atoms with Crippen molar-refractivity contribution in [3.8, 4) is 0 Å². The summed E-state index contributed by atoms with van der Waals surface area (Å²) in [4.78, 5) is 0. The van der Waals surface area contributed by atoms with E-state index in [1.165, 1.54) is 0 Å². The fraction of sp³-hybridized carbons (Fsp3) is 1.00. The van der Waals surface area contributed by atoms with Crippen molar-refractivity contribution in [2.75, 3.05) is 4.43 Å². The van der Waals surface area contributed by atoms with Crippen molar-refractivity contribution in [1.82, 2.24) is 0 Å². The van der Waals surface area contributed by atoms with E-state index in [0.29, 0.717) is 12.8 Å². The van der Waals surface area contributed by atoms with Crippen LogP contribution in [0, 0.1) is 5.41 Å². The number of alkyl halides is 4. The van der Waals surface area contributed by atoms with E-state index in [9.17, 15) is 13.2 Å². The molecule has 4 heteroatoms. The SMILES string of the molecule is FC(F)(F)C1(CI)CC1. The van der Waals surface area contributed by atoms with Crippen molar-refractivity contribution < 1.29 is 13.2 Å². The lowest BCUT2D eigenvalue weighted by Gasteiger charge is -2.14. The molecule has 0 atom stereocenters. The van der Waals surface area contributed by atoms with Crippen LogP contribution in [0.1, 0.15) is 12.8 Å². The van der Waals surface area contributed by atoms with Crippen LogP contribution in [-0.4, -0.2) is 10.6 Å². The van der Waals surface area contributed by atoms with Gasteiger partial charge in [0.15, 0.2) is 0 Å². The topological polar surface area (TPSA) is 0 Å². The van der Waals surface area contributed by atoms with E-state index in [0.717, 1.165) is 0 Å². The molecule has 0 unspecified atom stereocenters. The van der Waals surface area contributed by atoms with Crippen molar-refractivity contribution >= 4 is 22.6 Å². The van der Waals surface area contributed by atoms with Crippen molar-refractivity contribution in [2.45, 2.75) is 19.0 Å². The molecule has 1 aliphatic carbocycles. The molecule has 0 aromatic carbocycles. The Morgan fingerprint density at radius 3 is 1.78 bits per heavy atom. The summed E-state index contributed by atoms with van der Waals surface area (Å²) >= 11 is 1.80. The summed E-state index contributed by atoms with van der Waals surface area (Å²) in [5.74, 6) is 0.